The van der Waals surface area contributed by atoms with Crippen LogP contribution in [0.5, 0.6) is 0 Å². The molecule has 0 aliphatic heterocycles. The van der Waals surface area contributed by atoms with E-state index < -0.39 is 0 Å². The monoisotopic (exact) mass is 190 g/mol. The highest BCUT2D eigenvalue weighted by Gasteiger charge is 2.00. The van der Waals surface area contributed by atoms with E-state index in [2.05, 4.69) is 16.3 Å². The van der Waals surface area contributed by atoms with Gasteiger partial charge in [-0.3, -0.25) is 0 Å². The van der Waals surface area contributed by atoms with E-state index in [9.17, 15) is 0 Å². The lowest BCUT2D eigenvalue weighted by Crippen LogP contribution is -1.87. The van der Waals surface area contributed by atoms with E-state index in [-0.39, 0.29) is 0 Å². The van der Waals surface area contributed by atoms with Gasteiger partial charge in [-0.2, -0.15) is 4.37 Å². The molecule has 0 radical (unpaired) electrons. The summed E-state index contributed by atoms with van der Waals surface area (Å²) >= 11 is 6.99. The molecule has 0 aromatic carbocycles. The van der Waals surface area contributed by atoms with E-state index in [0.29, 0.717) is 5.88 Å². The lowest BCUT2D eigenvalue weighted by atomic mass is 10.2. The smallest absolute Gasteiger partial charge is 0.142 e. The van der Waals surface area contributed by atoms with E-state index >= 15 is 0 Å². The Morgan fingerprint density at radius 2 is 2.36 bits per heavy atom. The van der Waals surface area contributed by atoms with Crippen molar-refractivity contribution in [3.8, 4) is 0 Å². The van der Waals surface area contributed by atoms with Crippen LogP contribution in [0.3, 0.4) is 0 Å². The van der Waals surface area contributed by atoms with Crippen molar-refractivity contribution in [2.24, 2.45) is 0 Å². The Labute approximate surface area is 75.8 Å². The molecule has 0 unspecified atom stereocenters. The Kier molecular flexibility index (Phi) is 3.80. The Hall–Kier alpha value is -0.150. The second-order valence-electron chi connectivity index (χ2n) is 2.34. The molecule has 0 saturated carbocycles. The molecule has 0 aliphatic carbocycles. The Morgan fingerprint density at radius 3 is 2.91 bits per heavy atom. The number of halogens is 1. The highest BCUT2D eigenvalue weighted by Crippen LogP contribution is 2.09. The van der Waals surface area contributed by atoms with Crippen LogP contribution in [0.15, 0.2) is 0 Å². The average molecular weight is 191 g/mol. The molecule has 1 aromatic heterocycles. The SMILES string of the molecule is CCCCc1nsc(CCl)n1. The number of aromatic nitrogens is 2. The largest absolute Gasteiger partial charge is 0.223 e. The molecule has 0 saturated heterocycles. The van der Waals surface area contributed by atoms with Gasteiger partial charge in [-0.05, 0) is 18.0 Å². The maximum atomic E-state index is 5.58. The van der Waals surface area contributed by atoms with Crippen molar-refractivity contribution in [1.29, 1.82) is 0 Å². The maximum absolute atomic E-state index is 5.58. The van der Waals surface area contributed by atoms with Crippen LogP contribution in [0.25, 0.3) is 0 Å². The van der Waals surface area contributed by atoms with Gasteiger partial charge in [0.1, 0.15) is 10.8 Å². The zero-order valence-electron chi connectivity index (χ0n) is 6.51. The number of hydrogen-bond acceptors (Lipinski definition) is 3. The number of unbranched alkanes of at least 4 members (excludes halogenated alkanes) is 1. The topological polar surface area (TPSA) is 25.8 Å². The summed E-state index contributed by atoms with van der Waals surface area (Å²) < 4.78 is 4.17. The fourth-order valence-corrected chi connectivity index (χ4v) is 1.52. The number of aryl methyl sites for hydroxylation is 1. The lowest BCUT2D eigenvalue weighted by Gasteiger charge is -1.88. The van der Waals surface area contributed by atoms with Gasteiger partial charge < -0.3 is 0 Å². The molecule has 0 spiro atoms. The molecule has 11 heavy (non-hydrogen) atoms. The predicted octanol–water partition coefficient (Wildman–Crippen LogP) is 2.62. The van der Waals surface area contributed by atoms with Gasteiger partial charge in [0.15, 0.2) is 0 Å². The minimum atomic E-state index is 0.490. The molecule has 0 fully saturated rings. The second-order valence-corrected chi connectivity index (χ2v) is 3.45. The number of alkyl halides is 1. The van der Waals surface area contributed by atoms with Gasteiger partial charge in [0, 0.05) is 6.42 Å². The number of rotatable bonds is 4. The molecular formula is C7H11ClN2S. The van der Waals surface area contributed by atoms with Gasteiger partial charge in [-0.15, -0.1) is 11.6 Å². The summed E-state index contributed by atoms with van der Waals surface area (Å²) in [6.45, 7) is 2.16. The summed E-state index contributed by atoms with van der Waals surface area (Å²) in [7, 11) is 0. The van der Waals surface area contributed by atoms with Gasteiger partial charge in [-0.1, -0.05) is 13.3 Å². The van der Waals surface area contributed by atoms with Crippen molar-refractivity contribution in [1.82, 2.24) is 9.36 Å². The van der Waals surface area contributed by atoms with Crippen molar-refractivity contribution in [2.75, 3.05) is 0 Å². The minimum Gasteiger partial charge on any atom is -0.223 e. The zero-order valence-corrected chi connectivity index (χ0v) is 8.08. The summed E-state index contributed by atoms with van der Waals surface area (Å²) in [5, 5.41) is 0.928. The fourth-order valence-electron chi connectivity index (χ4n) is 0.781. The van der Waals surface area contributed by atoms with E-state index in [1.54, 1.807) is 0 Å². The number of hydrogen-bond donors (Lipinski definition) is 0. The van der Waals surface area contributed by atoms with E-state index in [0.717, 1.165) is 17.3 Å². The van der Waals surface area contributed by atoms with Crippen molar-refractivity contribution in [3.05, 3.63) is 10.8 Å². The normalized spacial score (nSPS) is 10.4. The first kappa shape index (κ1) is 8.94. The summed E-state index contributed by atoms with van der Waals surface area (Å²) in [6.07, 6.45) is 3.35. The molecular weight excluding hydrogens is 180 g/mol. The molecule has 0 aliphatic rings. The van der Waals surface area contributed by atoms with Crippen LogP contribution in [0.4, 0.5) is 0 Å². The molecule has 1 rings (SSSR count). The first-order valence-electron chi connectivity index (χ1n) is 3.74. The number of nitrogens with zero attached hydrogens (tertiary/aromatic N) is 2. The first-order chi connectivity index (χ1) is 5.36. The Bertz CT molecular complexity index is 212. The quantitative estimate of drug-likeness (QED) is 0.683. The Balaban J connectivity index is 2.44. The third-order valence-electron chi connectivity index (χ3n) is 1.38. The minimum absolute atomic E-state index is 0.490. The molecule has 1 heterocycles. The summed E-state index contributed by atoms with van der Waals surface area (Å²) in [5.41, 5.74) is 0. The molecule has 0 amide bonds. The zero-order chi connectivity index (χ0) is 8.10. The van der Waals surface area contributed by atoms with E-state index in [1.165, 1.54) is 24.4 Å². The Morgan fingerprint density at radius 1 is 1.55 bits per heavy atom. The van der Waals surface area contributed by atoms with Crippen LogP contribution in [-0.2, 0) is 12.3 Å². The molecule has 1 aromatic rings. The average Bonchev–Trinajstić information content (AvgIpc) is 2.48. The van der Waals surface area contributed by atoms with Crippen molar-refractivity contribution in [2.45, 2.75) is 32.1 Å². The second kappa shape index (κ2) is 4.67. The third kappa shape index (κ3) is 2.75. The summed E-state index contributed by atoms with van der Waals surface area (Å²) in [6, 6.07) is 0. The molecule has 0 bridgehead atoms. The van der Waals surface area contributed by atoms with Crippen molar-refractivity contribution in [3.63, 3.8) is 0 Å². The van der Waals surface area contributed by atoms with Crippen LogP contribution < -0.4 is 0 Å². The van der Waals surface area contributed by atoms with Crippen LogP contribution in [0, 0.1) is 0 Å². The van der Waals surface area contributed by atoms with Crippen LogP contribution >= 0.6 is 23.1 Å². The van der Waals surface area contributed by atoms with Gasteiger partial charge in [-0.25, -0.2) is 4.98 Å². The van der Waals surface area contributed by atoms with E-state index in [1.807, 2.05) is 0 Å². The molecule has 2 nitrogen and oxygen atoms in total. The third-order valence-corrected chi connectivity index (χ3v) is 2.54. The maximum Gasteiger partial charge on any atom is 0.142 e. The molecule has 0 atom stereocenters. The van der Waals surface area contributed by atoms with Crippen LogP contribution in [0.2, 0.25) is 0 Å². The molecule has 4 heteroatoms. The first-order valence-corrected chi connectivity index (χ1v) is 5.05. The summed E-state index contributed by atoms with van der Waals surface area (Å²) in [4.78, 5) is 4.24. The van der Waals surface area contributed by atoms with Gasteiger partial charge in [0.05, 0.1) is 5.88 Å². The van der Waals surface area contributed by atoms with Crippen LogP contribution in [0.1, 0.15) is 30.6 Å². The van der Waals surface area contributed by atoms with Gasteiger partial charge >= 0.3 is 0 Å². The molecule has 0 N–H and O–H groups in total. The van der Waals surface area contributed by atoms with Gasteiger partial charge in [0.25, 0.3) is 0 Å². The van der Waals surface area contributed by atoms with Crippen molar-refractivity contribution < 1.29 is 0 Å². The van der Waals surface area contributed by atoms with E-state index in [4.69, 9.17) is 11.6 Å². The highest BCUT2D eigenvalue weighted by molar-refractivity contribution is 7.05. The standard InChI is InChI=1S/C7H11ClN2S/c1-2-3-4-6-9-7(5-8)11-10-6/h2-5H2,1H3. The summed E-state index contributed by atoms with van der Waals surface area (Å²) in [5.74, 6) is 1.44. The lowest BCUT2D eigenvalue weighted by molar-refractivity contribution is 0.763. The van der Waals surface area contributed by atoms with Crippen LogP contribution in [-0.4, -0.2) is 9.36 Å². The molecule has 62 valence electrons. The van der Waals surface area contributed by atoms with Crippen molar-refractivity contribution >= 4 is 23.1 Å². The fraction of sp³-hybridized carbons (Fsp3) is 0.714. The predicted molar refractivity (Wildman–Crippen MR) is 48.1 cm³/mol. The highest BCUT2D eigenvalue weighted by atomic mass is 35.5. The van der Waals surface area contributed by atoms with Gasteiger partial charge in [0.2, 0.25) is 0 Å².